The van der Waals surface area contributed by atoms with Crippen molar-refractivity contribution in [2.45, 2.75) is 51.9 Å². The summed E-state index contributed by atoms with van der Waals surface area (Å²) in [6.45, 7) is 3.28. The summed E-state index contributed by atoms with van der Waals surface area (Å²) in [5.74, 6) is 1.56. The van der Waals surface area contributed by atoms with Gasteiger partial charge in [0.25, 0.3) is 0 Å². The maximum absolute atomic E-state index is 6.18. The number of fused-ring (bicyclic) bond motifs is 3. The van der Waals surface area contributed by atoms with E-state index in [-0.39, 0.29) is 0 Å². The van der Waals surface area contributed by atoms with E-state index in [0.717, 1.165) is 54.6 Å². The number of benzene rings is 1. The van der Waals surface area contributed by atoms with Crippen LogP contribution in [0.15, 0.2) is 18.2 Å². The molecule has 0 saturated carbocycles. The summed E-state index contributed by atoms with van der Waals surface area (Å²) in [6, 6.07) is 6.32. The fourth-order valence-electron chi connectivity index (χ4n) is 3.39. The largest absolute Gasteiger partial charge is 0.382 e. The number of H-pyrrole nitrogens is 1. The predicted octanol–water partition coefficient (Wildman–Crippen LogP) is 3.97. The van der Waals surface area contributed by atoms with Crippen molar-refractivity contribution in [3.8, 4) is 0 Å². The lowest BCUT2D eigenvalue weighted by atomic mass is 10.0. The number of aryl methyl sites for hydroxylation is 2. The third-order valence-corrected chi connectivity index (χ3v) is 4.76. The normalized spacial score (nSPS) is 11.6. The molecule has 0 saturated heterocycles. The SMILES string of the molecule is CCCCc1nc2c([nH]1)c(N)nc1cccc(CCCCCNC)c12. The quantitative estimate of drug-likeness (QED) is 0.515. The lowest BCUT2D eigenvalue weighted by molar-refractivity contribution is 0.643. The third-order valence-electron chi connectivity index (χ3n) is 4.76. The van der Waals surface area contributed by atoms with Crippen LogP contribution in [-0.4, -0.2) is 28.5 Å². The Labute approximate surface area is 149 Å². The van der Waals surface area contributed by atoms with E-state index in [1.165, 1.54) is 30.2 Å². The molecule has 0 atom stereocenters. The van der Waals surface area contributed by atoms with Gasteiger partial charge in [-0.05, 0) is 50.9 Å². The molecule has 0 bridgehead atoms. The van der Waals surface area contributed by atoms with E-state index < -0.39 is 0 Å². The van der Waals surface area contributed by atoms with Gasteiger partial charge in [0.15, 0.2) is 0 Å². The summed E-state index contributed by atoms with van der Waals surface area (Å²) < 4.78 is 0. The van der Waals surface area contributed by atoms with Gasteiger partial charge in [-0.25, -0.2) is 9.97 Å². The number of anilines is 1. The zero-order valence-corrected chi connectivity index (χ0v) is 15.4. The van der Waals surface area contributed by atoms with Crippen molar-refractivity contribution >= 4 is 27.8 Å². The number of nitrogens with one attached hydrogen (secondary N) is 2. The number of pyridine rings is 1. The van der Waals surface area contributed by atoms with Gasteiger partial charge in [-0.3, -0.25) is 0 Å². The van der Waals surface area contributed by atoms with Crippen LogP contribution < -0.4 is 11.1 Å². The Hall–Kier alpha value is -2.14. The van der Waals surface area contributed by atoms with E-state index in [4.69, 9.17) is 10.7 Å². The molecule has 0 aliphatic carbocycles. The highest BCUT2D eigenvalue weighted by Gasteiger charge is 2.14. The second-order valence-electron chi connectivity index (χ2n) is 6.73. The maximum Gasteiger partial charge on any atom is 0.150 e. The zero-order valence-electron chi connectivity index (χ0n) is 15.4. The average molecular weight is 339 g/mol. The summed E-state index contributed by atoms with van der Waals surface area (Å²) in [4.78, 5) is 12.9. The number of unbranched alkanes of at least 4 members (excludes halogenated alkanes) is 3. The smallest absolute Gasteiger partial charge is 0.150 e. The standard InChI is InChI=1S/C20H29N5/c1-3-4-12-16-24-18-17-14(9-6-5-7-13-22-2)10-8-11-15(17)23-20(21)19(18)25-16/h8,10-11,22H,3-7,9,12-13H2,1-2H3,(H2,21,23)(H,24,25). The van der Waals surface area contributed by atoms with Crippen LogP contribution >= 0.6 is 0 Å². The molecule has 0 aliphatic heterocycles. The molecule has 0 spiro atoms. The van der Waals surface area contributed by atoms with Crippen LogP contribution in [0.25, 0.3) is 21.9 Å². The van der Waals surface area contributed by atoms with Crippen molar-refractivity contribution < 1.29 is 0 Å². The van der Waals surface area contributed by atoms with Crippen LogP contribution in [0.4, 0.5) is 5.82 Å². The average Bonchev–Trinajstić information content (AvgIpc) is 3.04. The van der Waals surface area contributed by atoms with E-state index >= 15 is 0 Å². The summed E-state index contributed by atoms with van der Waals surface area (Å²) in [7, 11) is 2.01. The first kappa shape index (κ1) is 17.7. The summed E-state index contributed by atoms with van der Waals surface area (Å²) in [5.41, 5.74) is 10.3. The Kier molecular flexibility index (Phi) is 5.87. The van der Waals surface area contributed by atoms with E-state index in [2.05, 4.69) is 34.3 Å². The highest BCUT2D eigenvalue weighted by molar-refractivity contribution is 6.07. The summed E-state index contributed by atoms with van der Waals surface area (Å²) in [5, 5.41) is 4.37. The minimum absolute atomic E-state index is 0.545. The number of aromatic nitrogens is 3. The first-order valence-electron chi connectivity index (χ1n) is 9.44. The number of hydrogen-bond donors (Lipinski definition) is 3. The first-order chi connectivity index (χ1) is 12.2. The number of aromatic amines is 1. The van der Waals surface area contributed by atoms with Crippen LogP contribution in [0.1, 0.15) is 50.4 Å². The first-order valence-corrected chi connectivity index (χ1v) is 9.44. The lowest BCUT2D eigenvalue weighted by Crippen LogP contribution is -2.07. The van der Waals surface area contributed by atoms with Gasteiger partial charge in [0.2, 0.25) is 0 Å². The Morgan fingerprint density at radius 2 is 1.96 bits per heavy atom. The molecule has 0 unspecified atom stereocenters. The molecule has 25 heavy (non-hydrogen) atoms. The molecular formula is C20H29N5. The lowest BCUT2D eigenvalue weighted by Gasteiger charge is -2.08. The molecule has 3 aromatic rings. The highest BCUT2D eigenvalue weighted by atomic mass is 15.0. The summed E-state index contributed by atoms with van der Waals surface area (Å²) in [6.07, 6.45) is 7.92. The number of rotatable bonds is 9. The number of nitrogens with two attached hydrogens (primary N) is 1. The van der Waals surface area contributed by atoms with Crippen LogP contribution in [0.3, 0.4) is 0 Å². The van der Waals surface area contributed by atoms with Gasteiger partial charge in [0, 0.05) is 11.8 Å². The topological polar surface area (TPSA) is 79.6 Å². The molecule has 0 radical (unpaired) electrons. The fraction of sp³-hybridized carbons (Fsp3) is 0.500. The van der Waals surface area contributed by atoms with Gasteiger partial charge in [0.05, 0.1) is 5.52 Å². The molecule has 1 aromatic carbocycles. The van der Waals surface area contributed by atoms with E-state index in [0.29, 0.717) is 5.82 Å². The van der Waals surface area contributed by atoms with Gasteiger partial charge in [-0.1, -0.05) is 31.9 Å². The molecule has 0 aliphatic rings. The second kappa shape index (κ2) is 8.30. The Morgan fingerprint density at radius 3 is 2.76 bits per heavy atom. The van der Waals surface area contributed by atoms with Gasteiger partial charge >= 0.3 is 0 Å². The van der Waals surface area contributed by atoms with Crippen molar-refractivity contribution in [3.63, 3.8) is 0 Å². The van der Waals surface area contributed by atoms with Gasteiger partial charge in [0.1, 0.15) is 22.7 Å². The summed E-state index contributed by atoms with van der Waals surface area (Å²) >= 11 is 0. The van der Waals surface area contributed by atoms with Crippen molar-refractivity contribution in [3.05, 3.63) is 29.6 Å². The Morgan fingerprint density at radius 1 is 1.08 bits per heavy atom. The molecule has 2 aromatic heterocycles. The van der Waals surface area contributed by atoms with Gasteiger partial charge in [-0.2, -0.15) is 0 Å². The Balaban J connectivity index is 1.95. The second-order valence-corrected chi connectivity index (χ2v) is 6.73. The third kappa shape index (κ3) is 3.93. The molecule has 4 N–H and O–H groups in total. The van der Waals surface area contributed by atoms with Crippen LogP contribution in [0, 0.1) is 0 Å². The fourth-order valence-corrected chi connectivity index (χ4v) is 3.39. The minimum atomic E-state index is 0.545. The molecule has 2 heterocycles. The molecule has 5 heteroatoms. The van der Waals surface area contributed by atoms with E-state index in [9.17, 15) is 0 Å². The number of nitrogen functional groups attached to an aromatic ring is 1. The van der Waals surface area contributed by atoms with Crippen molar-refractivity contribution in [2.24, 2.45) is 0 Å². The Bertz CT molecular complexity index is 837. The van der Waals surface area contributed by atoms with Gasteiger partial charge < -0.3 is 16.0 Å². The van der Waals surface area contributed by atoms with Crippen molar-refractivity contribution in [2.75, 3.05) is 19.3 Å². The zero-order chi connectivity index (χ0) is 17.6. The number of hydrogen-bond acceptors (Lipinski definition) is 4. The van der Waals surface area contributed by atoms with Crippen molar-refractivity contribution in [1.82, 2.24) is 20.3 Å². The highest BCUT2D eigenvalue weighted by Crippen LogP contribution is 2.30. The van der Waals surface area contributed by atoms with Crippen LogP contribution in [0.5, 0.6) is 0 Å². The van der Waals surface area contributed by atoms with Crippen LogP contribution in [0.2, 0.25) is 0 Å². The predicted molar refractivity (Wildman–Crippen MR) is 106 cm³/mol. The van der Waals surface area contributed by atoms with E-state index in [1.54, 1.807) is 0 Å². The number of imidazole rings is 1. The maximum atomic E-state index is 6.18. The molecule has 0 amide bonds. The molecule has 134 valence electrons. The molecular weight excluding hydrogens is 310 g/mol. The molecule has 5 nitrogen and oxygen atoms in total. The number of nitrogens with zero attached hydrogens (tertiary/aromatic N) is 2. The molecule has 0 fully saturated rings. The van der Waals surface area contributed by atoms with Crippen LogP contribution in [-0.2, 0) is 12.8 Å². The molecule has 3 rings (SSSR count). The monoisotopic (exact) mass is 339 g/mol. The van der Waals surface area contributed by atoms with E-state index in [1.807, 2.05) is 13.1 Å². The van der Waals surface area contributed by atoms with Crippen molar-refractivity contribution in [1.29, 1.82) is 0 Å². The van der Waals surface area contributed by atoms with Gasteiger partial charge in [-0.15, -0.1) is 0 Å². The minimum Gasteiger partial charge on any atom is -0.382 e.